The van der Waals surface area contributed by atoms with Gasteiger partial charge in [0, 0.05) is 49.0 Å². The molecule has 11 heteroatoms. The normalized spacial score (nSPS) is 19.6. The van der Waals surface area contributed by atoms with E-state index in [1.165, 1.54) is 6.26 Å². The molecule has 2 amide bonds. The van der Waals surface area contributed by atoms with Crippen molar-refractivity contribution in [1.29, 1.82) is 0 Å². The highest BCUT2D eigenvalue weighted by Gasteiger charge is 2.44. The monoisotopic (exact) mass is 628 g/mol. The van der Waals surface area contributed by atoms with E-state index in [-0.39, 0.29) is 11.8 Å². The summed E-state index contributed by atoms with van der Waals surface area (Å²) >= 11 is 12.5. The molecule has 0 N–H and O–H groups in total. The van der Waals surface area contributed by atoms with Crippen molar-refractivity contribution >= 4 is 44.9 Å². The van der Waals surface area contributed by atoms with Crippen LogP contribution in [0.4, 0.5) is 4.79 Å². The summed E-state index contributed by atoms with van der Waals surface area (Å²) in [5.74, 6) is 1.27. The Bertz CT molecular complexity index is 1540. The van der Waals surface area contributed by atoms with Crippen LogP contribution in [0.1, 0.15) is 35.7 Å². The zero-order valence-electron chi connectivity index (χ0n) is 23.6. The third-order valence-electron chi connectivity index (χ3n) is 7.54. The number of benzene rings is 3. The second-order valence-electron chi connectivity index (χ2n) is 10.5. The number of amides is 2. The first-order valence-electron chi connectivity index (χ1n) is 13.9. The van der Waals surface area contributed by atoms with Crippen molar-refractivity contribution in [2.24, 2.45) is 4.99 Å². The molecule has 3 aromatic carbocycles. The van der Waals surface area contributed by atoms with Crippen LogP contribution in [0.15, 0.2) is 77.8 Å². The molecule has 222 valence electrons. The molecule has 2 aliphatic heterocycles. The smallest absolute Gasteiger partial charge is 0.326 e. The number of amidine groups is 1. The third kappa shape index (κ3) is 6.92. The summed E-state index contributed by atoms with van der Waals surface area (Å²) in [6.45, 7) is 4.95. The lowest BCUT2D eigenvalue weighted by atomic mass is 9.93. The zero-order chi connectivity index (χ0) is 29.9. The summed E-state index contributed by atoms with van der Waals surface area (Å²) in [6.07, 6.45) is 1.25. The van der Waals surface area contributed by atoms with Crippen LogP contribution in [-0.2, 0) is 9.84 Å². The number of carbonyl (C=O) groups is 1. The molecule has 0 unspecified atom stereocenters. The van der Waals surface area contributed by atoms with Gasteiger partial charge in [-0.25, -0.2) is 13.2 Å². The Morgan fingerprint density at radius 2 is 1.50 bits per heavy atom. The number of halogens is 2. The molecule has 2 heterocycles. The minimum Gasteiger partial charge on any atom is -0.493 e. The van der Waals surface area contributed by atoms with Crippen molar-refractivity contribution in [3.8, 4) is 5.75 Å². The van der Waals surface area contributed by atoms with Crippen LogP contribution >= 0.6 is 23.2 Å². The van der Waals surface area contributed by atoms with Crippen LogP contribution in [-0.4, -0.2) is 86.3 Å². The third-order valence-corrected chi connectivity index (χ3v) is 8.97. The van der Waals surface area contributed by atoms with E-state index in [0.717, 1.165) is 16.7 Å². The number of carbonyl (C=O) groups excluding carboxylic acids is 1. The lowest BCUT2D eigenvalue weighted by molar-refractivity contribution is 0.122. The number of para-hydroxylation sites is 1. The first-order valence-corrected chi connectivity index (χ1v) is 16.8. The summed E-state index contributed by atoms with van der Waals surface area (Å²) in [7, 11) is -3.07. The molecule has 1 fully saturated rings. The second-order valence-corrected chi connectivity index (χ2v) is 13.6. The van der Waals surface area contributed by atoms with Crippen molar-refractivity contribution in [2.45, 2.75) is 19.0 Å². The van der Waals surface area contributed by atoms with E-state index in [1.54, 1.807) is 4.90 Å². The molecule has 1 saturated heterocycles. The summed E-state index contributed by atoms with van der Waals surface area (Å²) in [5, 5.41) is 1.22. The Balaban J connectivity index is 1.55. The number of rotatable bonds is 8. The van der Waals surface area contributed by atoms with Crippen LogP contribution in [0.25, 0.3) is 0 Å². The van der Waals surface area contributed by atoms with Gasteiger partial charge in [0.1, 0.15) is 27.5 Å². The van der Waals surface area contributed by atoms with Crippen molar-refractivity contribution in [3.63, 3.8) is 0 Å². The van der Waals surface area contributed by atoms with Gasteiger partial charge in [0.2, 0.25) is 0 Å². The van der Waals surface area contributed by atoms with Crippen LogP contribution in [0, 0.1) is 0 Å². The van der Waals surface area contributed by atoms with Crippen LogP contribution in [0.5, 0.6) is 5.75 Å². The Kier molecular flexibility index (Phi) is 9.42. The van der Waals surface area contributed by atoms with Crippen molar-refractivity contribution in [3.05, 3.63) is 99.5 Å². The minimum atomic E-state index is -3.07. The number of ether oxygens (including phenoxy) is 1. The molecule has 0 saturated carbocycles. The summed E-state index contributed by atoms with van der Waals surface area (Å²) < 4.78 is 29.4. The first-order chi connectivity index (χ1) is 20.1. The lowest BCUT2D eigenvalue weighted by Gasteiger charge is -2.39. The van der Waals surface area contributed by atoms with Gasteiger partial charge < -0.3 is 9.64 Å². The number of aliphatic imine (C=N–C) groups is 1. The number of sulfone groups is 1. The van der Waals surface area contributed by atoms with E-state index in [2.05, 4.69) is 4.90 Å². The topological polar surface area (TPSA) is 82.5 Å². The maximum absolute atomic E-state index is 14.5. The van der Waals surface area contributed by atoms with Crippen molar-refractivity contribution in [2.75, 3.05) is 51.3 Å². The molecule has 0 bridgehead atoms. The molecule has 8 nitrogen and oxygen atoms in total. The molecule has 3 aromatic rings. The second kappa shape index (κ2) is 13.0. The van der Waals surface area contributed by atoms with Gasteiger partial charge in [-0.1, -0.05) is 59.6 Å². The van der Waals surface area contributed by atoms with E-state index in [9.17, 15) is 13.2 Å². The Morgan fingerprint density at radius 1 is 0.905 bits per heavy atom. The number of piperazine rings is 1. The van der Waals surface area contributed by atoms with E-state index < -0.39 is 21.9 Å². The van der Waals surface area contributed by atoms with Gasteiger partial charge in [-0.3, -0.25) is 14.8 Å². The predicted octanol–water partition coefficient (Wildman–Crippen LogP) is 5.72. The maximum Gasteiger partial charge on any atom is 0.326 e. The van der Waals surface area contributed by atoms with Crippen molar-refractivity contribution < 1.29 is 17.9 Å². The average Bonchev–Trinajstić information content (AvgIpc) is 3.37. The van der Waals surface area contributed by atoms with E-state index in [0.29, 0.717) is 61.0 Å². The molecular formula is C31H34Cl2N4O4S. The standard InChI is InChI=1S/C31H34Cl2N4O4S/c1-3-41-27-7-5-4-6-26(27)30-34-28(22-8-12-24(32)13-9-22)29(23-10-14-25(33)15-11-23)37(30)31(38)36-18-16-35(17-19-36)20-21-42(2,39)40/h4-15,28-29H,3,16-21H2,1-2H3/t28-,29+/m0/s1. The summed E-state index contributed by atoms with van der Waals surface area (Å²) in [6, 6.07) is 21.7. The molecule has 0 aliphatic carbocycles. The fraction of sp³-hybridized carbons (Fsp3) is 0.355. The maximum atomic E-state index is 14.5. The van der Waals surface area contributed by atoms with E-state index >= 15 is 0 Å². The lowest BCUT2D eigenvalue weighted by Crippen LogP contribution is -2.54. The Hall–Kier alpha value is -3.11. The quantitative estimate of drug-likeness (QED) is 0.319. The van der Waals surface area contributed by atoms with Gasteiger partial charge in [-0.2, -0.15) is 0 Å². The number of urea groups is 1. The molecule has 5 rings (SSSR count). The van der Waals surface area contributed by atoms with Gasteiger partial charge in [0.15, 0.2) is 0 Å². The number of hydrogen-bond donors (Lipinski definition) is 0. The molecule has 2 aliphatic rings. The van der Waals surface area contributed by atoms with Gasteiger partial charge >= 0.3 is 6.03 Å². The SMILES string of the molecule is CCOc1ccccc1C1=N[C@@H](c2ccc(Cl)cc2)[C@@H](c2ccc(Cl)cc2)N1C(=O)N1CCN(CCS(C)(=O)=O)CC1. The fourth-order valence-electron chi connectivity index (χ4n) is 5.40. The highest BCUT2D eigenvalue weighted by atomic mass is 35.5. The highest BCUT2D eigenvalue weighted by Crippen LogP contribution is 2.45. The van der Waals surface area contributed by atoms with Crippen LogP contribution < -0.4 is 4.74 Å². The largest absolute Gasteiger partial charge is 0.493 e. The Labute approximate surface area is 257 Å². The predicted molar refractivity (Wildman–Crippen MR) is 167 cm³/mol. The van der Waals surface area contributed by atoms with Gasteiger partial charge in [-0.15, -0.1) is 0 Å². The molecular weight excluding hydrogens is 595 g/mol. The van der Waals surface area contributed by atoms with Crippen LogP contribution in [0.2, 0.25) is 10.0 Å². The molecule has 0 aromatic heterocycles. The first kappa shape index (κ1) is 30.4. The number of hydrogen-bond acceptors (Lipinski definition) is 6. The molecule has 0 spiro atoms. The fourth-order valence-corrected chi connectivity index (χ4v) is 6.24. The van der Waals surface area contributed by atoms with Gasteiger partial charge in [0.05, 0.1) is 24.0 Å². The van der Waals surface area contributed by atoms with E-state index in [4.69, 9.17) is 32.9 Å². The summed E-state index contributed by atoms with van der Waals surface area (Å²) in [4.78, 5) is 25.4. The summed E-state index contributed by atoms with van der Waals surface area (Å²) in [5.41, 5.74) is 2.55. The number of nitrogens with zero attached hydrogens (tertiary/aromatic N) is 4. The van der Waals surface area contributed by atoms with Crippen molar-refractivity contribution in [1.82, 2.24) is 14.7 Å². The molecule has 0 radical (unpaired) electrons. The van der Waals surface area contributed by atoms with E-state index in [1.807, 2.05) is 84.6 Å². The van der Waals surface area contributed by atoms with Crippen LogP contribution in [0.3, 0.4) is 0 Å². The molecule has 42 heavy (non-hydrogen) atoms. The Morgan fingerprint density at radius 3 is 2.10 bits per heavy atom. The van der Waals surface area contributed by atoms with Gasteiger partial charge in [0.25, 0.3) is 0 Å². The minimum absolute atomic E-state index is 0.0967. The highest BCUT2D eigenvalue weighted by molar-refractivity contribution is 7.90. The molecule has 2 atom stereocenters. The van der Waals surface area contributed by atoms with Gasteiger partial charge in [-0.05, 0) is 54.4 Å². The average molecular weight is 630 g/mol. The zero-order valence-corrected chi connectivity index (χ0v) is 25.9.